The molecule has 8 atom stereocenters. The fraction of sp³-hybridized carbons (Fsp3) is 0.824. The fourth-order valence-corrected chi connectivity index (χ4v) is 6.04. The number of hydrogen-bond acceptors (Lipinski definition) is 8. The molecule has 2 saturated heterocycles. The number of hydrogen-bond donors (Lipinski definition) is 2. The van der Waals surface area contributed by atoms with Crippen LogP contribution in [0.2, 0.25) is 0 Å². The molecular weight excluding hydrogens is 332 g/mol. The third-order valence-corrected chi connectivity index (χ3v) is 7.43. The average Bonchev–Trinajstić information content (AvgIpc) is 2.98. The molecule has 2 aliphatic carbocycles. The topological polar surface area (TPSA) is 119 Å². The van der Waals surface area contributed by atoms with Crippen LogP contribution in [0.1, 0.15) is 40.5 Å². The minimum atomic E-state index is -1.59. The van der Waals surface area contributed by atoms with Crippen molar-refractivity contribution in [2.75, 3.05) is 0 Å². The molecule has 0 spiro atoms. The molecule has 2 heterocycles. The van der Waals surface area contributed by atoms with Crippen molar-refractivity contribution < 1.29 is 38.8 Å². The van der Waals surface area contributed by atoms with E-state index in [2.05, 4.69) is 0 Å². The molecule has 2 N–H and O–H groups in total. The van der Waals surface area contributed by atoms with Crippen molar-refractivity contribution in [3.8, 4) is 0 Å². The first kappa shape index (κ1) is 16.8. The van der Waals surface area contributed by atoms with Gasteiger partial charge in [-0.25, -0.2) is 0 Å². The molecule has 4 fully saturated rings. The van der Waals surface area contributed by atoms with E-state index in [9.17, 15) is 24.6 Å². The SMILES string of the molecule is CC(=O)O[C@@H]1C2[C@H]3CC(=O)O[C@@]3(C)C[C@]2(O)[C@]2(C)[C@@H](O)OC(=O)[C@]12C. The number of cyclic esters (lactones) is 1. The maximum Gasteiger partial charge on any atom is 0.318 e. The summed E-state index contributed by atoms with van der Waals surface area (Å²) in [5.41, 5.74) is -5.36. The second kappa shape index (κ2) is 4.35. The lowest BCUT2D eigenvalue weighted by Gasteiger charge is -2.42. The summed E-state index contributed by atoms with van der Waals surface area (Å²) in [7, 11) is 0. The Morgan fingerprint density at radius 3 is 2.52 bits per heavy atom. The van der Waals surface area contributed by atoms with Crippen LogP contribution in [0.4, 0.5) is 0 Å². The normalized spacial score (nSPS) is 56.1. The van der Waals surface area contributed by atoms with E-state index in [1.54, 1.807) is 20.8 Å². The van der Waals surface area contributed by atoms with Crippen molar-refractivity contribution in [2.24, 2.45) is 22.7 Å². The zero-order valence-electron chi connectivity index (χ0n) is 14.6. The molecule has 0 aromatic rings. The summed E-state index contributed by atoms with van der Waals surface area (Å²) in [6.45, 7) is 6.07. The Balaban J connectivity index is 1.93. The Morgan fingerprint density at radius 2 is 1.92 bits per heavy atom. The monoisotopic (exact) mass is 354 g/mol. The lowest BCUT2D eigenvalue weighted by molar-refractivity contribution is -0.200. The van der Waals surface area contributed by atoms with Crippen molar-refractivity contribution in [3.05, 3.63) is 0 Å². The Bertz CT molecular complexity index is 705. The number of aliphatic hydroxyl groups is 2. The predicted molar refractivity (Wildman–Crippen MR) is 79.5 cm³/mol. The molecule has 2 aliphatic heterocycles. The molecule has 0 aromatic carbocycles. The zero-order chi connectivity index (χ0) is 18.6. The van der Waals surface area contributed by atoms with E-state index < -0.39 is 58.2 Å². The first-order valence-electron chi connectivity index (χ1n) is 8.42. The lowest BCUT2D eigenvalue weighted by Crippen LogP contribution is -2.55. The van der Waals surface area contributed by atoms with Crippen molar-refractivity contribution >= 4 is 17.9 Å². The fourth-order valence-electron chi connectivity index (χ4n) is 6.04. The molecule has 4 aliphatic rings. The number of carbonyl (C=O) groups excluding carboxylic acids is 3. The maximum absolute atomic E-state index is 12.6. The molecular formula is C17H22O8. The van der Waals surface area contributed by atoms with E-state index in [1.165, 1.54) is 6.92 Å². The van der Waals surface area contributed by atoms with Gasteiger partial charge in [-0.1, -0.05) is 0 Å². The Kier molecular flexibility index (Phi) is 2.92. The van der Waals surface area contributed by atoms with Crippen LogP contribution >= 0.6 is 0 Å². The highest BCUT2D eigenvalue weighted by Gasteiger charge is 2.88. The van der Waals surface area contributed by atoms with Crippen molar-refractivity contribution in [1.29, 1.82) is 0 Å². The molecule has 1 unspecified atom stereocenters. The summed E-state index contributed by atoms with van der Waals surface area (Å²) in [6.07, 6.45) is -2.46. The second-order valence-corrected chi connectivity index (χ2v) is 8.42. The summed E-state index contributed by atoms with van der Waals surface area (Å²) in [5, 5.41) is 22.2. The molecule has 0 amide bonds. The summed E-state index contributed by atoms with van der Waals surface area (Å²) in [5.74, 6) is -2.85. The summed E-state index contributed by atoms with van der Waals surface area (Å²) >= 11 is 0. The van der Waals surface area contributed by atoms with E-state index in [0.29, 0.717) is 0 Å². The third kappa shape index (κ3) is 1.54. The third-order valence-electron chi connectivity index (χ3n) is 7.43. The van der Waals surface area contributed by atoms with E-state index in [0.717, 1.165) is 0 Å². The van der Waals surface area contributed by atoms with Gasteiger partial charge in [0.25, 0.3) is 0 Å². The van der Waals surface area contributed by atoms with Gasteiger partial charge in [-0.3, -0.25) is 14.4 Å². The Labute approximate surface area is 144 Å². The Morgan fingerprint density at radius 1 is 1.28 bits per heavy atom. The Hall–Kier alpha value is -1.67. The average molecular weight is 354 g/mol. The molecule has 8 nitrogen and oxygen atoms in total. The lowest BCUT2D eigenvalue weighted by atomic mass is 9.62. The van der Waals surface area contributed by atoms with Gasteiger partial charge in [-0.2, -0.15) is 0 Å². The van der Waals surface area contributed by atoms with E-state index in [4.69, 9.17) is 14.2 Å². The van der Waals surface area contributed by atoms with Crippen LogP contribution in [0.3, 0.4) is 0 Å². The molecule has 4 rings (SSSR count). The molecule has 0 bridgehead atoms. The smallest absolute Gasteiger partial charge is 0.318 e. The van der Waals surface area contributed by atoms with Crippen molar-refractivity contribution in [2.45, 2.75) is 64.1 Å². The largest absolute Gasteiger partial charge is 0.461 e. The molecule has 0 aromatic heterocycles. The minimum Gasteiger partial charge on any atom is -0.461 e. The van der Waals surface area contributed by atoms with Crippen molar-refractivity contribution in [3.63, 3.8) is 0 Å². The van der Waals surface area contributed by atoms with Gasteiger partial charge in [0.05, 0.1) is 17.4 Å². The number of ether oxygens (including phenoxy) is 3. The highest BCUT2D eigenvalue weighted by molar-refractivity contribution is 5.84. The zero-order valence-corrected chi connectivity index (χ0v) is 14.6. The van der Waals surface area contributed by atoms with Gasteiger partial charge in [0.2, 0.25) is 6.29 Å². The van der Waals surface area contributed by atoms with Crippen LogP contribution in [-0.4, -0.2) is 51.7 Å². The first-order chi connectivity index (χ1) is 11.4. The van der Waals surface area contributed by atoms with Gasteiger partial charge in [0, 0.05) is 25.2 Å². The summed E-state index contributed by atoms with van der Waals surface area (Å²) in [4.78, 5) is 36.2. The van der Waals surface area contributed by atoms with E-state index in [-0.39, 0.29) is 18.8 Å². The number of aliphatic hydroxyl groups excluding tert-OH is 1. The van der Waals surface area contributed by atoms with Gasteiger partial charge in [0.1, 0.15) is 17.1 Å². The van der Waals surface area contributed by atoms with E-state index in [1.807, 2.05) is 0 Å². The molecule has 8 heteroatoms. The number of fused-ring (bicyclic) bond motifs is 5. The number of esters is 3. The number of rotatable bonds is 1. The molecule has 2 saturated carbocycles. The minimum absolute atomic E-state index is 0.0403. The van der Waals surface area contributed by atoms with Gasteiger partial charge in [0.15, 0.2) is 0 Å². The number of carbonyl (C=O) groups is 3. The van der Waals surface area contributed by atoms with Gasteiger partial charge < -0.3 is 24.4 Å². The van der Waals surface area contributed by atoms with Crippen LogP contribution in [0, 0.1) is 22.7 Å². The van der Waals surface area contributed by atoms with Crippen LogP contribution < -0.4 is 0 Å². The van der Waals surface area contributed by atoms with Crippen LogP contribution in [0.25, 0.3) is 0 Å². The van der Waals surface area contributed by atoms with Gasteiger partial charge in [-0.05, 0) is 20.8 Å². The second-order valence-electron chi connectivity index (χ2n) is 8.42. The highest BCUT2D eigenvalue weighted by Crippen LogP contribution is 2.75. The van der Waals surface area contributed by atoms with Gasteiger partial charge >= 0.3 is 17.9 Å². The summed E-state index contributed by atoms with van der Waals surface area (Å²) in [6, 6.07) is 0. The summed E-state index contributed by atoms with van der Waals surface area (Å²) < 4.78 is 16.0. The molecule has 0 radical (unpaired) electrons. The highest BCUT2D eigenvalue weighted by atomic mass is 16.7. The maximum atomic E-state index is 12.6. The van der Waals surface area contributed by atoms with Crippen molar-refractivity contribution in [1.82, 2.24) is 0 Å². The van der Waals surface area contributed by atoms with Crippen LogP contribution in [0.15, 0.2) is 0 Å². The first-order valence-corrected chi connectivity index (χ1v) is 8.42. The quantitative estimate of drug-likeness (QED) is 0.495. The van der Waals surface area contributed by atoms with E-state index >= 15 is 0 Å². The van der Waals surface area contributed by atoms with Crippen LogP contribution in [0.5, 0.6) is 0 Å². The molecule has 138 valence electrons. The predicted octanol–water partition coefficient (Wildman–Crippen LogP) is -0.108. The van der Waals surface area contributed by atoms with Gasteiger partial charge in [-0.15, -0.1) is 0 Å². The molecule has 25 heavy (non-hydrogen) atoms. The van der Waals surface area contributed by atoms with Crippen LogP contribution in [-0.2, 0) is 28.6 Å². The standard InChI is InChI=1S/C17H22O8/c1-7(18)23-11-10-8-5-9(19)25-14(8,2)6-17(10,22)16(4)13(21)24-12(20)15(11,16)3/h8,10-11,13,21-22H,5-6H2,1-4H3/t8-,10?,11-,13+,14+,15+,16-,17-/m1/s1.